The van der Waals surface area contributed by atoms with Crippen molar-refractivity contribution in [2.45, 2.75) is 6.54 Å². The molecule has 60 valence electrons. The van der Waals surface area contributed by atoms with E-state index in [9.17, 15) is 0 Å². The summed E-state index contributed by atoms with van der Waals surface area (Å²) in [5.41, 5.74) is 6.61. The average Bonchev–Trinajstić information content (AvgIpc) is 1.85. The summed E-state index contributed by atoms with van der Waals surface area (Å²) in [4.78, 5) is 0. The highest BCUT2D eigenvalue weighted by molar-refractivity contribution is 14.1. The van der Waals surface area contributed by atoms with Crippen molar-refractivity contribution >= 4 is 45.2 Å². The van der Waals surface area contributed by atoms with E-state index in [1.807, 2.05) is 0 Å². The van der Waals surface area contributed by atoms with Gasteiger partial charge in [0.2, 0.25) is 0 Å². The van der Waals surface area contributed by atoms with Gasteiger partial charge in [-0.05, 0) is 62.9 Å². The molecule has 0 unspecified atom stereocenters. The van der Waals surface area contributed by atoms with Gasteiger partial charge >= 0.3 is 0 Å². The van der Waals surface area contributed by atoms with E-state index in [-0.39, 0.29) is 0 Å². The quantitative estimate of drug-likeness (QED) is 0.739. The van der Waals surface area contributed by atoms with Crippen LogP contribution in [0.2, 0.25) is 0 Å². The Morgan fingerprint density at radius 1 is 1.27 bits per heavy atom. The zero-order chi connectivity index (χ0) is 8.43. The van der Waals surface area contributed by atoms with E-state index in [4.69, 9.17) is 10.8 Å². The summed E-state index contributed by atoms with van der Waals surface area (Å²) in [6.45, 7) is 0.525. The summed E-state index contributed by atoms with van der Waals surface area (Å²) >= 11 is 4.33. The minimum absolute atomic E-state index is 0.302. The first-order valence-corrected chi connectivity index (χ1v) is 5.18. The van der Waals surface area contributed by atoms with Crippen LogP contribution in [0.5, 0.6) is 5.75 Å². The van der Waals surface area contributed by atoms with Crippen LogP contribution in [-0.2, 0) is 6.54 Å². The number of halogens is 2. The Kier molecular flexibility index (Phi) is 3.38. The summed E-state index contributed by atoms with van der Waals surface area (Å²) in [6, 6.07) is 3.43. The topological polar surface area (TPSA) is 46.2 Å². The third-order valence-electron chi connectivity index (χ3n) is 1.33. The number of hydrogen-bond acceptors (Lipinski definition) is 2. The van der Waals surface area contributed by atoms with Crippen LogP contribution in [0.15, 0.2) is 12.1 Å². The molecule has 1 rings (SSSR count). The minimum atomic E-state index is 0.302. The van der Waals surface area contributed by atoms with Gasteiger partial charge in [0.1, 0.15) is 5.75 Å². The van der Waals surface area contributed by atoms with Gasteiger partial charge in [0.05, 0.1) is 0 Å². The molecule has 0 saturated heterocycles. The van der Waals surface area contributed by atoms with E-state index in [2.05, 4.69) is 45.2 Å². The van der Waals surface area contributed by atoms with E-state index in [1.54, 1.807) is 12.1 Å². The monoisotopic (exact) mass is 375 g/mol. The van der Waals surface area contributed by atoms with Gasteiger partial charge in [0, 0.05) is 13.7 Å². The Hall–Kier alpha value is 0.440. The number of rotatable bonds is 1. The molecular formula is C7H7I2NO. The van der Waals surface area contributed by atoms with Gasteiger partial charge in [-0.25, -0.2) is 0 Å². The molecule has 2 nitrogen and oxygen atoms in total. The fourth-order valence-corrected chi connectivity index (χ4v) is 2.96. The summed E-state index contributed by atoms with van der Waals surface area (Å²) in [5.74, 6) is 0.302. The summed E-state index contributed by atoms with van der Waals surface area (Å²) in [7, 11) is 0. The maximum absolute atomic E-state index is 9.16. The van der Waals surface area contributed by atoms with E-state index in [1.165, 1.54) is 0 Å². The van der Waals surface area contributed by atoms with Crippen LogP contribution in [0.1, 0.15) is 5.56 Å². The third-order valence-corrected chi connectivity index (χ3v) is 3.25. The molecule has 0 amide bonds. The lowest BCUT2D eigenvalue weighted by Crippen LogP contribution is -2.01. The zero-order valence-electron chi connectivity index (χ0n) is 5.64. The van der Waals surface area contributed by atoms with E-state index >= 15 is 0 Å². The van der Waals surface area contributed by atoms with Gasteiger partial charge < -0.3 is 10.8 Å². The first-order chi connectivity index (χ1) is 5.15. The van der Waals surface area contributed by atoms with Crippen molar-refractivity contribution in [1.82, 2.24) is 0 Å². The van der Waals surface area contributed by atoms with Crippen LogP contribution >= 0.6 is 45.2 Å². The van der Waals surface area contributed by atoms with E-state index < -0.39 is 0 Å². The summed E-state index contributed by atoms with van der Waals surface area (Å²) < 4.78 is 2.05. The van der Waals surface area contributed by atoms with Crippen LogP contribution in [0.3, 0.4) is 0 Å². The molecule has 1 aromatic rings. The molecule has 1 aromatic carbocycles. The SMILES string of the molecule is NCc1c(I)cc(O)cc1I. The highest BCUT2D eigenvalue weighted by Crippen LogP contribution is 2.24. The van der Waals surface area contributed by atoms with Gasteiger partial charge in [-0.3, -0.25) is 0 Å². The van der Waals surface area contributed by atoms with E-state index in [0.717, 1.165) is 12.7 Å². The second-order valence-corrected chi connectivity index (χ2v) is 4.42. The van der Waals surface area contributed by atoms with Gasteiger partial charge in [-0.2, -0.15) is 0 Å². The van der Waals surface area contributed by atoms with Crippen LogP contribution < -0.4 is 5.73 Å². The summed E-state index contributed by atoms with van der Waals surface area (Å²) in [6.07, 6.45) is 0. The van der Waals surface area contributed by atoms with Crippen molar-refractivity contribution in [3.8, 4) is 5.75 Å². The predicted octanol–water partition coefficient (Wildman–Crippen LogP) is 2.06. The van der Waals surface area contributed by atoms with Gasteiger partial charge in [-0.1, -0.05) is 0 Å². The van der Waals surface area contributed by atoms with Crippen molar-refractivity contribution in [3.63, 3.8) is 0 Å². The molecule has 0 fully saturated rings. The number of benzene rings is 1. The molecule has 3 N–H and O–H groups in total. The maximum Gasteiger partial charge on any atom is 0.117 e. The second-order valence-electron chi connectivity index (χ2n) is 2.09. The molecule has 0 aliphatic rings. The zero-order valence-corrected chi connectivity index (χ0v) is 9.96. The lowest BCUT2D eigenvalue weighted by Gasteiger charge is -2.04. The third kappa shape index (κ3) is 2.19. The molecule has 0 radical (unpaired) electrons. The Morgan fingerprint density at radius 2 is 1.73 bits per heavy atom. The second kappa shape index (κ2) is 3.90. The van der Waals surface area contributed by atoms with Crippen molar-refractivity contribution in [3.05, 3.63) is 24.8 Å². The van der Waals surface area contributed by atoms with Crippen molar-refractivity contribution in [2.75, 3.05) is 0 Å². The van der Waals surface area contributed by atoms with Crippen molar-refractivity contribution in [1.29, 1.82) is 0 Å². The van der Waals surface area contributed by atoms with Crippen LogP contribution in [-0.4, -0.2) is 5.11 Å². The molecule has 0 aliphatic heterocycles. The molecule has 4 heteroatoms. The molecule has 0 aliphatic carbocycles. The Bertz CT molecular complexity index is 252. The lowest BCUT2D eigenvalue weighted by molar-refractivity contribution is 0.474. The fourth-order valence-electron chi connectivity index (χ4n) is 0.785. The number of phenolic OH excluding ortho intramolecular Hbond substituents is 1. The summed E-state index contributed by atoms with van der Waals surface area (Å²) in [5, 5.41) is 9.16. The van der Waals surface area contributed by atoms with Gasteiger partial charge in [-0.15, -0.1) is 0 Å². The van der Waals surface area contributed by atoms with Crippen LogP contribution in [0.25, 0.3) is 0 Å². The first kappa shape index (κ1) is 9.53. The van der Waals surface area contributed by atoms with Crippen LogP contribution in [0, 0.1) is 7.14 Å². The molecular weight excluding hydrogens is 368 g/mol. The van der Waals surface area contributed by atoms with E-state index in [0.29, 0.717) is 12.3 Å². The van der Waals surface area contributed by atoms with Crippen molar-refractivity contribution in [2.24, 2.45) is 5.73 Å². The van der Waals surface area contributed by atoms with Gasteiger partial charge in [0.25, 0.3) is 0 Å². The molecule has 0 saturated carbocycles. The lowest BCUT2D eigenvalue weighted by atomic mass is 10.2. The smallest absolute Gasteiger partial charge is 0.117 e. The standard InChI is InChI=1S/C7H7I2NO/c8-6-1-4(11)2-7(9)5(6)3-10/h1-2,11H,3,10H2. The van der Waals surface area contributed by atoms with Crippen LogP contribution in [0.4, 0.5) is 0 Å². The average molecular weight is 375 g/mol. The minimum Gasteiger partial charge on any atom is -0.508 e. The molecule has 11 heavy (non-hydrogen) atoms. The highest BCUT2D eigenvalue weighted by atomic mass is 127. The van der Waals surface area contributed by atoms with Crippen molar-refractivity contribution < 1.29 is 5.11 Å². The molecule has 0 atom stereocenters. The fraction of sp³-hybridized carbons (Fsp3) is 0.143. The number of hydrogen-bond donors (Lipinski definition) is 2. The Labute approximate surface area is 92.5 Å². The normalized spacial score (nSPS) is 10.1. The molecule has 0 aromatic heterocycles. The number of phenols is 1. The number of nitrogens with two attached hydrogens (primary N) is 1. The predicted molar refractivity (Wildman–Crippen MR) is 61.4 cm³/mol. The molecule has 0 heterocycles. The highest BCUT2D eigenvalue weighted by Gasteiger charge is 2.04. The Morgan fingerprint density at radius 3 is 2.09 bits per heavy atom. The molecule has 0 bridgehead atoms. The maximum atomic E-state index is 9.16. The molecule has 0 spiro atoms. The van der Waals surface area contributed by atoms with Gasteiger partial charge in [0.15, 0.2) is 0 Å². The number of aromatic hydroxyl groups is 1. The Balaban J connectivity index is 3.25. The first-order valence-electron chi connectivity index (χ1n) is 3.02. The largest absolute Gasteiger partial charge is 0.508 e.